The number of rotatable bonds is 2. The van der Waals surface area contributed by atoms with E-state index >= 15 is 0 Å². The van der Waals surface area contributed by atoms with Gasteiger partial charge in [-0.25, -0.2) is 0 Å². The molecule has 0 amide bonds. The van der Waals surface area contributed by atoms with Crippen molar-refractivity contribution in [3.05, 3.63) is 24.0 Å². The number of hydrogen-bond donors (Lipinski definition) is 2. The van der Waals surface area contributed by atoms with Gasteiger partial charge in [0.2, 0.25) is 0 Å². The van der Waals surface area contributed by atoms with Gasteiger partial charge in [0.25, 0.3) is 0 Å². The molecule has 14 heavy (non-hydrogen) atoms. The van der Waals surface area contributed by atoms with Crippen molar-refractivity contribution < 1.29 is 0 Å². The summed E-state index contributed by atoms with van der Waals surface area (Å²) in [5.41, 5.74) is 0.995. The molecule has 2 rings (SSSR count). The Balaban J connectivity index is 2.09. The van der Waals surface area contributed by atoms with Crippen molar-refractivity contribution in [2.45, 2.75) is 6.04 Å². The predicted molar refractivity (Wildman–Crippen MR) is 53.6 cm³/mol. The van der Waals surface area contributed by atoms with E-state index in [0.717, 1.165) is 31.9 Å². The van der Waals surface area contributed by atoms with Crippen LogP contribution in [0.2, 0.25) is 0 Å². The fourth-order valence-corrected chi connectivity index (χ4v) is 1.80. The Kier molecular flexibility index (Phi) is 2.82. The minimum atomic E-state index is -0.118. The number of nitrogens with zero attached hydrogens (tertiary/aromatic N) is 2. The summed E-state index contributed by atoms with van der Waals surface area (Å²) in [6.45, 7) is 3.83. The largest absolute Gasteiger partial charge is 0.363 e. The maximum atomic E-state index is 9.12. The molecule has 2 N–H and O–H groups in total. The van der Waals surface area contributed by atoms with Gasteiger partial charge in [0, 0.05) is 38.1 Å². The smallest absolute Gasteiger partial charge is 0.138 e. The Hall–Kier alpha value is -1.31. The molecule has 0 radical (unpaired) electrons. The highest BCUT2D eigenvalue weighted by molar-refractivity contribution is 5.16. The van der Waals surface area contributed by atoms with E-state index in [0.29, 0.717) is 0 Å². The highest BCUT2D eigenvalue weighted by Crippen LogP contribution is 2.17. The quantitative estimate of drug-likeness (QED) is 0.713. The number of aromatic nitrogens is 1. The zero-order valence-corrected chi connectivity index (χ0v) is 8.03. The van der Waals surface area contributed by atoms with E-state index in [-0.39, 0.29) is 6.04 Å². The van der Waals surface area contributed by atoms with Crippen LogP contribution >= 0.6 is 0 Å². The first-order valence-electron chi connectivity index (χ1n) is 4.89. The molecule has 1 aliphatic rings. The van der Waals surface area contributed by atoms with Gasteiger partial charge in [-0.2, -0.15) is 5.26 Å². The second-order valence-electron chi connectivity index (χ2n) is 3.44. The second-order valence-corrected chi connectivity index (χ2v) is 3.44. The Morgan fingerprint density at radius 3 is 2.79 bits per heavy atom. The fraction of sp³-hybridized carbons (Fsp3) is 0.500. The number of nitriles is 1. The number of hydrogen-bond acceptors (Lipinski definition) is 3. The fourth-order valence-electron chi connectivity index (χ4n) is 1.80. The first-order valence-corrected chi connectivity index (χ1v) is 4.89. The van der Waals surface area contributed by atoms with Gasteiger partial charge in [-0.05, 0) is 12.1 Å². The molecule has 0 bridgehead atoms. The topological polar surface area (TPSA) is 54.9 Å². The van der Waals surface area contributed by atoms with Gasteiger partial charge in [0.1, 0.15) is 6.04 Å². The minimum absolute atomic E-state index is 0.118. The van der Waals surface area contributed by atoms with Crippen molar-refractivity contribution in [3.63, 3.8) is 0 Å². The molecule has 4 nitrogen and oxygen atoms in total. The van der Waals surface area contributed by atoms with E-state index in [9.17, 15) is 0 Å². The molecule has 1 unspecified atom stereocenters. The van der Waals surface area contributed by atoms with Crippen LogP contribution in [0.1, 0.15) is 11.7 Å². The van der Waals surface area contributed by atoms with Gasteiger partial charge in [-0.1, -0.05) is 0 Å². The molecule has 1 saturated heterocycles. The third-order valence-corrected chi connectivity index (χ3v) is 2.56. The van der Waals surface area contributed by atoms with Crippen LogP contribution in [0.15, 0.2) is 18.3 Å². The monoisotopic (exact) mass is 190 g/mol. The van der Waals surface area contributed by atoms with E-state index in [1.165, 1.54) is 0 Å². The summed E-state index contributed by atoms with van der Waals surface area (Å²) < 4.78 is 0. The van der Waals surface area contributed by atoms with Crippen LogP contribution in [-0.2, 0) is 0 Å². The van der Waals surface area contributed by atoms with Crippen molar-refractivity contribution in [1.29, 1.82) is 5.26 Å². The molecule has 0 aromatic carbocycles. The lowest BCUT2D eigenvalue weighted by Gasteiger charge is -2.30. The molecular weight excluding hydrogens is 176 g/mol. The minimum Gasteiger partial charge on any atom is -0.363 e. The normalized spacial score (nSPS) is 20.2. The lowest BCUT2D eigenvalue weighted by molar-refractivity contribution is 0.205. The lowest BCUT2D eigenvalue weighted by Crippen LogP contribution is -2.44. The van der Waals surface area contributed by atoms with Crippen LogP contribution in [0.25, 0.3) is 0 Å². The standard InChI is InChI=1S/C10H14N4/c11-8-10(9-2-1-3-13-9)14-6-4-12-5-7-14/h1-3,10,12-13H,4-7H2. The van der Waals surface area contributed by atoms with Crippen LogP contribution in [-0.4, -0.2) is 36.1 Å². The average molecular weight is 190 g/mol. The predicted octanol–water partition coefficient (Wildman–Crippen LogP) is 0.485. The summed E-state index contributed by atoms with van der Waals surface area (Å²) >= 11 is 0. The molecular formula is C10H14N4. The van der Waals surface area contributed by atoms with Crippen LogP contribution in [0.4, 0.5) is 0 Å². The van der Waals surface area contributed by atoms with E-state index in [1.54, 1.807) is 0 Å². The van der Waals surface area contributed by atoms with Crippen LogP contribution in [0, 0.1) is 11.3 Å². The van der Waals surface area contributed by atoms with Gasteiger partial charge in [0.15, 0.2) is 0 Å². The van der Waals surface area contributed by atoms with Gasteiger partial charge in [0.05, 0.1) is 6.07 Å². The molecule has 4 heteroatoms. The molecule has 1 atom stereocenters. The van der Waals surface area contributed by atoms with Gasteiger partial charge >= 0.3 is 0 Å². The molecule has 0 saturated carbocycles. The summed E-state index contributed by atoms with van der Waals surface area (Å²) in [5, 5.41) is 12.4. The third kappa shape index (κ3) is 1.79. The molecule has 0 aliphatic carbocycles. The summed E-state index contributed by atoms with van der Waals surface area (Å²) in [7, 11) is 0. The summed E-state index contributed by atoms with van der Waals surface area (Å²) in [6, 6.07) is 6.12. The van der Waals surface area contributed by atoms with E-state index < -0.39 is 0 Å². The first kappa shape index (κ1) is 9.25. The summed E-state index contributed by atoms with van der Waals surface area (Å²) in [4.78, 5) is 5.30. The molecule has 1 aliphatic heterocycles. The van der Waals surface area contributed by atoms with Crippen molar-refractivity contribution in [1.82, 2.24) is 15.2 Å². The van der Waals surface area contributed by atoms with E-state index in [2.05, 4.69) is 21.3 Å². The van der Waals surface area contributed by atoms with Crippen molar-refractivity contribution >= 4 is 0 Å². The molecule has 74 valence electrons. The number of nitrogens with one attached hydrogen (secondary N) is 2. The van der Waals surface area contributed by atoms with Crippen molar-refractivity contribution in [2.75, 3.05) is 26.2 Å². The highest BCUT2D eigenvalue weighted by Gasteiger charge is 2.21. The molecule has 2 heterocycles. The van der Waals surface area contributed by atoms with Crippen molar-refractivity contribution in [2.24, 2.45) is 0 Å². The summed E-state index contributed by atoms with van der Waals surface area (Å²) in [5.74, 6) is 0. The van der Waals surface area contributed by atoms with Crippen LogP contribution in [0.3, 0.4) is 0 Å². The zero-order chi connectivity index (χ0) is 9.80. The SMILES string of the molecule is N#CC(c1ccc[nH]1)N1CCNCC1. The molecule has 1 aromatic rings. The van der Waals surface area contributed by atoms with E-state index in [4.69, 9.17) is 5.26 Å². The Morgan fingerprint density at radius 1 is 1.43 bits per heavy atom. The maximum Gasteiger partial charge on any atom is 0.138 e. The average Bonchev–Trinajstić information content (AvgIpc) is 2.74. The third-order valence-electron chi connectivity index (χ3n) is 2.56. The first-order chi connectivity index (χ1) is 6.92. The van der Waals surface area contributed by atoms with Gasteiger partial charge in [-0.15, -0.1) is 0 Å². The van der Waals surface area contributed by atoms with Crippen LogP contribution in [0.5, 0.6) is 0 Å². The number of piperazine rings is 1. The molecule has 1 aromatic heterocycles. The van der Waals surface area contributed by atoms with Gasteiger partial charge < -0.3 is 10.3 Å². The molecule has 0 spiro atoms. The van der Waals surface area contributed by atoms with Gasteiger partial charge in [-0.3, -0.25) is 4.90 Å². The number of aromatic amines is 1. The highest BCUT2D eigenvalue weighted by atomic mass is 15.2. The Morgan fingerprint density at radius 2 is 2.21 bits per heavy atom. The lowest BCUT2D eigenvalue weighted by atomic mass is 10.2. The van der Waals surface area contributed by atoms with E-state index in [1.807, 2.05) is 18.3 Å². The zero-order valence-electron chi connectivity index (χ0n) is 8.03. The van der Waals surface area contributed by atoms with Crippen molar-refractivity contribution in [3.8, 4) is 6.07 Å². The number of H-pyrrole nitrogens is 1. The van der Waals surface area contributed by atoms with Crippen LogP contribution < -0.4 is 5.32 Å². The maximum absolute atomic E-state index is 9.12. The second kappa shape index (κ2) is 4.27. The molecule has 1 fully saturated rings. The Labute approximate surface area is 83.5 Å². The Bertz CT molecular complexity index is 305. The summed E-state index contributed by atoms with van der Waals surface area (Å²) in [6.07, 6.45) is 1.86.